The summed E-state index contributed by atoms with van der Waals surface area (Å²) >= 11 is 0. The number of carbonyl (C=O) groups is 2. The molecular weight excluding hydrogens is 294 g/mol. The Kier molecular flexibility index (Phi) is 5.74. The Hall–Kier alpha value is -2.82. The van der Waals surface area contributed by atoms with Crippen LogP contribution in [0.15, 0.2) is 48.5 Å². The van der Waals surface area contributed by atoms with E-state index in [2.05, 4.69) is 5.32 Å². The highest BCUT2D eigenvalue weighted by atomic mass is 16.5. The fourth-order valence-corrected chi connectivity index (χ4v) is 1.85. The van der Waals surface area contributed by atoms with Crippen molar-refractivity contribution in [3.05, 3.63) is 59.7 Å². The number of hydrogen-bond acceptors (Lipinski definition) is 4. The molecule has 0 saturated heterocycles. The minimum Gasteiger partial charge on any atom is -0.484 e. The monoisotopic (exact) mass is 313 g/mol. The number of amides is 1. The lowest BCUT2D eigenvalue weighted by Gasteiger charge is -2.08. The molecule has 0 radical (unpaired) electrons. The summed E-state index contributed by atoms with van der Waals surface area (Å²) in [6, 6.07) is 14.5. The van der Waals surface area contributed by atoms with Crippen LogP contribution in [0.5, 0.6) is 11.5 Å². The topological polar surface area (TPSA) is 64.6 Å². The van der Waals surface area contributed by atoms with E-state index in [1.54, 1.807) is 18.2 Å². The molecule has 0 heterocycles. The summed E-state index contributed by atoms with van der Waals surface area (Å²) < 4.78 is 10.5. The molecule has 5 heteroatoms. The van der Waals surface area contributed by atoms with Crippen molar-refractivity contribution in [1.82, 2.24) is 5.32 Å². The molecule has 2 rings (SSSR count). The first-order chi connectivity index (χ1) is 11.0. The standard InChI is InChI=1S/C18H19NO4/c1-13-6-8-15(9-7-13)23-18(21)11-19-17(20)12-22-16-5-3-4-14(2)10-16/h3-10H,11-12H2,1-2H3,(H,19,20). The van der Waals surface area contributed by atoms with Gasteiger partial charge in [0.05, 0.1) is 0 Å². The number of rotatable bonds is 6. The average molecular weight is 313 g/mol. The van der Waals surface area contributed by atoms with Gasteiger partial charge in [-0.3, -0.25) is 4.79 Å². The molecular formula is C18H19NO4. The van der Waals surface area contributed by atoms with Crippen molar-refractivity contribution in [2.24, 2.45) is 0 Å². The van der Waals surface area contributed by atoms with E-state index in [0.717, 1.165) is 11.1 Å². The SMILES string of the molecule is Cc1ccc(OC(=O)CNC(=O)COc2cccc(C)c2)cc1. The number of ether oxygens (including phenoxy) is 2. The molecule has 23 heavy (non-hydrogen) atoms. The second-order valence-electron chi connectivity index (χ2n) is 5.17. The first-order valence-corrected chi connectivity index (χ1v) is 7.26. The van der Waals surface area contributed by atoms with Gasteiger partial charge in [-0.1, -0.05) is 29.8 Å². The molecule has 1 N–H and O–H groups in total. The molecule has 0 aliphatic rings. The minimum absolute atomic E-state index is 0.152. The number of benzene rings is 2. The van der Waals surface area contributed by atoms with E-state index in [1.165, 1.54) is 0 Å². The quantitative estimate of drug-likeness (QED) is 0.657. The van der Waals surface area contributed by atoms with Gasteiger partial charge in [-0.05, 0) is 43.7 Å². The molecule has 0 aliphatic carbocycles. The summed E-state index contributed by atoms with van der Waals surface area (Å²) in [7, 11) is 0. The molecule has 0 atom stereocenters. The van der Waals surface area contributed by atoms with Crippen molar-refractivity contribution < 1.29 is 19.1 Å². The maximum absolute atomic E-state index is 11.7. The van der Waals surface area contributed by atoms with E-state index in [-0.39, 0.29) is 19.1 Å². The van der Waals surface area contributed by atoms with Gasteiger partial charge in [-0.2, -0.15) is 0 Å². The maximum atomic E-state index is 11.7. The summed E-state index contributed by atoms with van der Waals surface area (Å²) in [6.45, 7) is 3.53. The van der Waals surface area contributed by atoms with E-state index in [1.807, 2.05) is 44.2 Å². The van der Waals surface area contributed by atoms with Crippen LogP contribution in [0, 0.1) is 13.8 Å². The van der Waals surface area contributed by atoms with Crippen LogP contribution in [-0.2, 0) is 9.59 Å². The number of nitrogens with one attached hydrogen (secondary N) is 1. The van der Waals surface area contributed by atoms with Crippen LogP contribution < -0.4 is 14.8 Å². The van der Waals surface area contributed by atoms with Gasteiger partial charge < -0.3 is 14.8 Å². The molecule has 0 fully saturated rings. The Morgan fingerprint density at radius 3 is 2.39 bits per heavy atom. The van der Waals surface area contributed by atoms with Crippen molar-refractivity contribution in [1.29, 1.82) is 0 Å². The van der Waals surface area contributed by atoms with E-state index < -0.39 is 5.97 Å². The predicted molar refractivity (Wildman–Crippen MR) is 86.5 cm³/mol. The Balaban J connectivity index is 1.71. The fourth-order valence-electron chi connectivity index (χ4n) is 1.85. The zero-order chi connectivity index (χ0) is 16.7. The minimum atomic E-state index is -0.530. The smallest absolute Gasteiger partial charge is 0.330 e. The Bertz CT molecular complexity index is 680. The summed E-state index contributed by atoms with van der Waals surface area (Å²) in [4.78, 5) is 23.3. The van der Waals surface area contributed by atoms with Gasteiger partial charge in [0.25, 0.3) is 5.91 Å². The van der Waals surface area contributed by atoms with E-state index in [0.29, 0.717) is 11.5 Å². The van der Waals surface area contributed by atoms with E-state index >= 15 is 0 Å². The van der Waals surface area contributed by atoms with Crippen molar-refractivity contribution >= 4 is 11.9 Å². The van der Waals surface area contributed by atoms with Gasteiger partial charge in [0, 0.05) is 0 Å². The molecule has 5 nitrogen and oxygen atoms in total. The average Bonchev–Trinajstić information content (AvgIpc) is 2.53. The predicted octanol–water partition coefficient (Wildman–Crippen LogP) is 2.40. The lowest BCUT2D eigenvalue weighted by atomic mass is 10.2. The zero-order valence-electron chi connectivity index (χ0n) is 13.2. The fraction of sp³-hybridized carbons (Fsp3) is 0.222. The van der Waals surface area contributed by atoms with Gasteiger partial charge in [0.2, 0.25) is 0 Å². The van der Waals surface area contributed by atoms with Crippen molar-refractivity contribution in [3.8, 4) is 11.5 Å². The largest absolute Gasteiger partial charge is 0.484 e. The van der Waals surface area contributed by atoms with Gasteiger partial charge in [0.15, 0.2) is 6.61 Å². The van der Waals surface area contributed by atoms with Crippen LogP contribution in [-0.4, -0.2) is 25.0 Å². The molecule has 0 bridgehead atoms. The third kappa shape index (κ3) is 5.82. The second kappa shape index (κ2) is 7.98. The number of aryl methyl sites for hydroxylation is 2. The lowest BCUT2D eigenvalue weighted by Crippen LogP contribution is -2.35. The van der Waals surface area contributed by atoms with Gasteiger partial charge >= 0.3 is 5.97 Å². The molecule has 2 aromatic carbocycles. The number of esters is 1. The molecule has 2 aromatic rings. The molecule has 0 saturated carbocycles. The molecule has 0 aliphatic heterocycles. The first-order valence-electron chi connectivity index (χ1n) is 7.26. The van der Waals surface area contributed by atoms with Crippen LogP contribution in [0.1, 0.15) is 11.1 Å². The van der Waals surface area contributed by atoms with Crippen LogP contribution in [0.4, 0.5) is 0 Å². The Morgan fingerprint density at radius 2 is 1.70 bits per heavy atom. The van der Waals surface area contributed by atoms with Crippen LogP contribution >= 0.6 is 0 Å². The van der Waals surface area contributed by atoms with Crippen molar-refractivity contribution in [2.45, 2.75) is 13.8 Å². The summed E-state index contributed by atoms with van der Waals surface area (Å²) in [6.07, 6.45) is 0. The normalized spacial score (nSPS) is 10.0. The maximum Gasteiger partial charge on any atom is 0.330 e. The van der Waals surface area contributed by atoms with Gasteiger partial charge in [-0.25, -0.2) is 4.79 Å². The van der Waals surface area contributed by atoms with E-state index in [9.17, 15) is 9.59 Å². The highest BCUT2D eigenvalue weighted by Gasteiger charge is 2.08. The van der Waals surface area contributed by atoms with Crippen molar-refractivity contribution in [2.75, 3.05) is 13.2 Å². The van der Waals surface area contributed by atoms with Crippen LogP contribution in [0.2, 0.25) is 0 Å². The Labute approximate surface area is 135 Å². The van der Waals surface area contributed by atoms with E-state index in [4.69, 9.17) is 9.47 Å². The van der Waals surface area contributed by atoms with Crippen LogP contribution in [0.25, 0.3) is 0 Å². The number of carbonyl (C=O) groups excluding carboxylic acids is 2. The first kappa shape index (κ1) is 16.5. The zero-order valence-corrected chi connectivity index (χ0v) is 13.2. The summed E-state index contributed by atoms with van der Waals surface area (Å²) in [5, 5.41) is 2.46. The second-order valence-corrected chi connectivity index (χ2v) is 5.17. The highest BCUT2D eigenvalue weighted by molar-refractivity contribution is 5.83. The lowest BCUT2D eigenvalue weighted by molar-refractivity contribution is -0.135. The number of hydrogen-bond donors (Lipinski definition) is 1. The van der Waals surface area contributed by atoms with Gasteiger partial charge in [-0.15, -0.1) is 0 Å². The van der Waals surface area contributed by atoms with Gasteiger partial charge in [0.1, 0.15) is 18.0 Å². The molecule has 0 unspecified atom stereocenters. The summed E-state index contributed by atoms with van der Waals surface area (Å²) in [5.74, 6) is 0.151. The van der Waals surface area contributed by atoms with Crippen LogP contribution in [0.3, 0.4) is 0 Å². The molecule has 1 amide bonds. The Morgan fingerprint density at radius 1 is 0.957 bits per heavy atom. The molecule has 0 aromatic heterocycles. The molecule has 120 valence electrons. The van der Waals surface area contributed by atoms with Crippen molar-refractivity contribution in [3.63, 3.8) is 0 Å². The third-order valence-electron chi connectivity index (χ3n) is 3.04. The summed E-state index contributed by atoms with van der Waals surface area (Å²) in [5.41, 5.74) is 2.12. The third-order valence-corrected chi connectivity index (χ3v) is 3.04. The highest BCUT2D eigenvalue weighted by Crippen LogP contribution is 2.12. The molecule has 0 spiro atoms.